The number of ether oxygens (including phenoxy) is 1. The van der Waals surface area contributed by atoms with Crippen LogP contribution in [0.2, 0.25) is 0 Å². The molecule has 0 spiro atoms. The van der Waals surface area contributed by atoms with Crippen molar-refractivity contribution < 1.29 is 9.66 Å². The topological polar surface area (TPSA) is 52.4 Å². The lowest BCUT2D eigenvalue weighted by molar-refractivity contribution is -0.384. The highest BCUT2D eigenvalue weighted by molar-refractivity contribution is 5.85. The van der Waals surface area contributed by atoms with Gasteiger partial charge in [0.05, 0.1) is 11.5 Å². The van der Waals surface area contributed by atoms with Gasteiger partial charge in [-0.2, -0.15) is 0 Å². The third-order valence-electron chi connectivity index (χ3n) is 2.48. The van der Waals surface area contributed by atoms with Gasteiger partial charge in [-0.15, -0.1) is 0 Å². The fourth-order valence-electron chi connectivity index (χ4n) is 1.63. The van der Waals surface area contributed by atoms with Crippen molar-refractivity contribution in [3.8, 4) is 5.75 Å². The number of rotatable bonds is 4. The van der Waals surface area contributed by atoms with Crippen LogP contribution in [0.5, 0.6) is 5.75 Å². The first kappa shape index (κ1) is 11.4. The smallest absolute Gasteiger partial charge is 0.270 e. The first-order valence-electron chi connectivity index (χ1n) is 5.51. The summed E-state index contributed by atoms with van der Waals surface area (Å²) < 4.78 is 5.51. The highest BCUT2D eigenvalue weighted by Crippen LogP contribution is 2.24. The molecule has 0 saturated heterocycles. The van der Waals surface area contributed by atoms with Crippen LogP contribution in [0.4, 0.5) is 5.69 Å². The summed E-state index contributed by atoms with van der Waals surface area (Å²) in [5, 5.41) is 12.4. The van der Waals surface area contributed by atoms with E-state index in [9.17, 15) is 10.1 Å². The number of hydrogen-bond donors (Lipinski definition) is 0. The lowest BCUT2D eigenvalue weighted by atomic mass is 10.1. The minimum atomic E-state index is -0.388. The molecule has 0 atom stereocenters. The van der Waals surface area contributed by atoms with Crippen LogP contribution in [-0.4, -0.2) is 11.5 Å². The van der Waals surface area contributed by atoms with Gasteiger partial charge < -0.3 is 4.74 Å². The summed E-state index contributed by atoms with van der Waals surface area (Å²) in [6.45, 7) is 2.73. The highest BCUT2D eigenvalue weighted by atomic mass is 16.6. The molecule has 2 aromatic carbocycles. The summed E-state index contributed by atoms with van der Waals surface area (Å²) in [5.41, 5.74) is 0.111. The standard InChI is InChI=1S/C13H13NO3/c1-2-7-17-13-6-4-10-8-12(14(15)16)5-3-11(10)9-13/h3-6,8-9H,2,7H2,1H3. The number of hydrogen-bond acceptors (Lipinski definition) is 3. The molecule has 17 heavy (non-hydrogen) atoms. The largest absolute Gasteiger partial charge is 0.494 e. The molecule has 0 aliphatic rings. The van der Waals surface area contributed by atoms with Crippen molar-refractivity contribution in [2.75, 3.05) is 6.61 Å². The van der Waals surface area contributed by atoms with Gasteiger partial charge in [-0.25, -0.2) is 0 Å². The number of nitro benzene ring substituents is 1. The molecule has 4 heteroatoms. The molecule has 2 aromatic rings. The first-order chi connectivity index (χ1) is 8.20. The molecule has 0 aliphatic heterocycles. The Bertz CT molecular complexity index is 551. The molecule has 0 fully saturated rings. The molecule has 0 aliphatic carbocycles. The zero-order valence-corrected chi connectivity index (χ0v) is 9.55. The van der Waals surface area contributed by atoms with Gasteiger partial charge in [0.15, 0.2) is 0 Å². The van der Waals surface area contributed by atoms with Gasteiger partial charge in [0, 0.05) is 12.1 Å². The molecule has 0 N–H and O–H groups in total. The monoisotopic (exact) mass is 231 g/mol. The predicted molar refractivity (Wildman–Crippen MR) is 66.4 cm³/mol. The fourth-order valence-corrected chi connectivity index (χ4v) is 1.63. The number of nitro groups is 1. The Kier molecular flexibility index (Phi) is 3.23. The number of non-ortho nitro benzene ring substituents is 1. The summed E-state index contributed by atoms with van der Waals surface area (Å²) in [5.74, 6) is 0.799. The molecule has 0 radical (unpaired) electrons. The van der Waals surface area contributed by atoms with Crippen molar-refractivity contribution in [2.24, 2.45) is 0 Å². The summed E-state index contributed by atoms with van der Waals surface area (Å²) in [6, 6.07) is 10.4. The molecular formula is C13H13NO3. The Hall–Kier alpha value is -2.10. The molecule has 0 aromatic heterocycles. The second-order valence-corrected chi connectivity index (χ2v) is 3.80. The van der Waals surface area contributed by atoms with Crippen LogP contribution in [0.3, 0.4) is 0 Å². The third kappa shape index (κ3) is 2.53. The van der Waals surface area contributed by atoms with Gasteiger partial charge in [0.25, 0.3) is 5.69 Å². The van der Waals surface area contributed by atoms with Gasteiger partial charge >= 0.3 is 0 Å². The van der Waals surface area contributed by atoms with Crippen molar-refractivity contribution in [3.05, 3.63) is 46.5 Å². The molecular weight excluding hydrogens is 218 g/mol. The van der Waals surface area contributed by atoms with E-state index in [0.29, 0.717) is 6.61 Å². The summed E-state index contributed by atoms with van der Waals surface area (Å²) in [7, 11) is 0. The average molecular weight is 231 g/mol. The molecule has 88 valence electrons. The van der Waals surface area contributed by atoms with E-state index in [4.69, 9.17) is 4.74 Å². The van der Waals surface area contributed by atoms with Crippen LogP contribution in [0.15, 0.2) is 36.4 Å². The van der Waals surface area contributed by atoms with Crippen LogP contribution in [-0.2, 0) is 0 Å². The Morgan fingerprint density at radius 1 is 1.18 bits per heavy atom. The second kappa shape index (κ2) is 4.82. The Labute approximate surface area is 99.0 Å². The van der Waals surface area contributed by atoms with Crippen molar-refractivity contribution in [1.82, 2.24) is 0 Å². The third-order valence-corrected chi connectivity index (χ3v) is 2.48. The minimum Gasteiger partial charge on any atom is -0.494 e. The maximum Gasteiger partial charge on any atom is 0.270 e. The van der Waals surface area contributed by atoms with Crippen LogP contribution in [0.25, 0.3) is 10.8 Å². The highest BCUT2D eigenvalue weighted by Gasteiger charge is 2.06. The SMILES string of the molecule is CCCOc1ccc2cc([N+](=O)[O-])ccc2c1. The molecule has 2 rings (SSSR count). The van der Waals surface area contributed by atoms with Gasteiger partial charge in [0.1, 0.15) is 5.75 Å². The van der Waals surface area contributed by atoms with Crippen molar-refractivity contribution in [3.63, 3.8) is 0 Å². The second-order valence-electron chi connectivity index (χ2n) is 3.80. The van der Waals surface area contributed by atoms with E-state index >= 15 is 0 Å². The van der Waals surface area contributed by atoms with Crippen molar-refractivity contribution >= 4 is 16.5 Å². The molecule has 0 unspecified atom stereocenters. The molecule has 0 bridgehead atoms. The van der Waals surface area contributed by atoms with E-state index in [1.165, 1.54) is 6.07 Å². The molecule has 0 amide bonds. The zero-order chi connectivity index (χ0) is 12.3. The summed E-state index contributed by atoms with van der Waals surface area (Å²) in [4.78, 5) is 10.2. The minimum absolute atomic E-state index is 0.111. The van der Waals surface area contributed by atoms with Crippen LogP contribution < -0.4 is 4.74 Å². The first-order valence-corrected chi connectivity index (χ1v) is 5.51. The van der Waals surface area contributed by atoms with E-state index in [0.717, 1.165) is 22.9 Å². The number of fused-ring (bicyclic) bond motifs is 1. The maximum absolute atomic E-state index is 10.6. The molecule has 0 heterocycles. The summed E-state index contributed by atoms with van der Waals surface area (Å²) >= 11 is 0. The number of benzene rings is 2. The molecule has 0 saturated carbocycles. The van der Waals surface area contributed by atoms with Crippen LogP contribution in [0, 0.1) is 10.1 Å². The Morgan fingerprint density at radius 3 is 2.59 bits per heavy atom. The van der Waals surface area contributed by atoms with Crippen molar-refractivity contribution in [2.45, 2.75) is 13.3 Å². The van der Waals surface area contributed by atoms with Gasteiger partial charge in [-0.05, 0) is 35.4 Å². The summed E-state index contributed by atoms with van der Waals surface area (Å²) in [6.07, 6.45) is 0.957. The Balaban J connectivity index is 2.36. The van der Waals surface area contributed by atoms with E-state index in [-0.39, 0.29) is 10.6 Å². The van der Waals surface area contributed by atoms with E-state index in [1.54, 1.807) is 12.1 Å². The lowest BCUT2D eigenvalue weighted by Gasteiger charge is -2.05. The normalized spacial score (nSPS) is 10.4. The average Bonchev–Trinajstić information content (AvgIpc) is 2.35. The molecule has 4 nitrogen and oxygen atoms in total. The van der Waals surface area contributed by atoms with Crippen LogP contribution in [0.1, 0.15) is 13.3 Å². The fraction of sp³-hybridized carbons (Fsp3) is 0.231. The van der Waals surface area contributed by atoms with Gasteiger partial charge in [-0.3, -0.25) is 10.1 Å². The van der Waals surface area contributed by atoms with Gasteiger partial charge in [-0.1, -0.05) is 13.0 Å². The van der Waals surface area contributed by atoms with E-state index in [1.807, 2.05) is 25.1 Å². The maximum atomic E-state index is 10.6. The van der Waals surface area contributed by atoms with E-state index in [2.05, 4.69) is 0 Å². The zero-order valence-electron chi connectivity index (χ0n) is 9.55. The van der Waals surface area contributed by atoms with E-state index < -0.39 is 0 Å². The van der Waals surface area contributed by atoms with Crippen molar-refractivity contribution in [1.29, 1.82) is 0 Å². The Morgan fingerprint density at radius 2 is 1.88 bits per heavy atom. The van der Waals surface area contributed by atoms with Gasteiger partial charge in [0.2, 0.25) is 0 Å². The number of nitrogens with zero attached hydrogens (tertiary/aromatic N) is 1. The predicted octanol–water partition coefficient (Wildman–Crippen LogP) is 3.54. The van der Waals surface area contributed by atoms with Crippen LogP contribution >= 0.6 is 0 Å². The lowest BCUT2D eigenvalue weighted by Crippen LogP contribution is -1.94. The quantitative estimate of drug-likeness (QED) is 0.597.